The second-order valence-corrected chi connectivity index (χ2v) is 3.09. The molecular formula is C8H15NOS. The molecule has 0 fully saturated rings. The zero-order valence-corrected chi connectivity index (χ0v) is 7.91. The van der Waals surface area contributed by atoms with E-state index >= 15 is 0 Å². The van der Waals surface area contributed by atoms with E-state index in [-0.39, 0.29) is 11.8 Å². The number of carbonyl (C=O) groups excluding carboxylic acids is 1. The highest BCUT2D eigenvalue weighted by atomic mass is 32.1. The van der Waals surface area contributed by atoms with Gasteiger partial charge in [0.25, 0.3) is 0 Å². The van der Waals surface area contributed by atoms with Gasteiger partial charge in [-0.15, -0.1) is 0 Å². The van der Waals surface area contributed by atoms with Crippen LogP contribution in [0, 0.1) is 5.92 Å². The predicted molar refractivity (Wildman–Crippen MR) is 50.5 cm³/mol. The van der Waals surface area contributed by atoms with Gasteiger partial charge in [-0.1, -0.05) is 32.5 Å². The van der Waals surface area contributed by atoms with E-state index in [0.717, 1.165) is 24.1 Å². The second-order valence-electron chi connectivity index (χ2n) is 2.56. The van der Waals surface area contributed by atoms with E-state index in [2.05, 4.69) is 0 Å². The molecule has 1 unspecified atom stereocenters. The molecule has 0 aromatic rings. The molecule has 0 aromatic heterocycles. The maximum Gasteiger partial charge on any atom is 0.225 e. The lowest BCUT2D eigenvalue weighted by Gasteiger charge is -2.11. The Morgan fingerprint density at radius 3 is 2.36 bits per heavy atom. The lowest BCUT2D eigenvalue weighted by Crippen LogP contribution is -2.28. The number of thiocarbonyl (C=S) groups is 1. The number of carbonyl (C=O) groups is 1. The zero-order chi connectivity index (χ0) is 8.85. The highest BCUT2D eigenvalue weighted by molar-refractivity contribution is 7.80. The van der Waals surface area contributed by atoms with Crippen molar-refractivity contribution in [3.8, 4) is 0 Å². The minimum Gasteiger partial charge on any atom is -0.369 e. The topological polar surface area (TPSA) is 43.1 Å². The van der Waals surface area contributed by atoms with Gasteiger partial charge >= 0.3 is 0 Å². The number of hydrogen-bond acceptors (Lipinski definition) is 2. The quantitative estimate of drug-likeness (QED) is 0.643. The van der Waals surface area contributed by atoms with Crippen molar-refractivity contribution in [3.05, 3.63) is 0 Å². The molecule has 1 amide bonds. The molecule has 0 radical (unpaired) electrons. The minimum absolute atomic E-state index is 0.181. The molecule has 0 rings (SSSR count). The van der Waals surface area contributed by atoms with E-state index in [9.17, 15) is 4.79 Å². The number of primary amides is 1. The first kappa shape index (κ1) is 10.6. The van der Waals surface area contributed by atoms with Crippen LogP contribution in [0.5, 0.6) is 0 Å². The summed E-state index contributed by atoms with van der Waals surface area (Å²) < 4.78 is 0. The molecule has 1 atom stereocenters. The van der Waals surface area contributed by atoms with Crippen molar-refractivity contribution in [1.82, 2.24) is 0 Å². The second kappa shape index (κ2) is 5.24. The summed E-state index contributed by atoms with van der Waals surface area (Å²) in [7, 11) is 0. The van der Waals surface area contributed by atoms with Crippen LogP contribution in [0.1, 0.15) is 33.1 Å². The van der Waals surface area contributed by atoms with Crippen molar-refractivity contribution < 1.29 is 4.79 Å². The average Bonchev–Trinajstić information content (AvgIpc) is 1.98. The van der Waals surface area contributed by atoms with Crippen molar-refractivity contribution in [2.24, 2.45) is 11.7 Å². The van der Waals surface area contributed by atoms with Crippen LogP contribution in [0.15, 0.2) is 0 Å². The molecule has 0 aliphatic rings. The van der Waals surface area contributed by atoms with Crippen molar-refractivity contribution in [2.75, 3.05) is 0 Å². The van der Waals surface area contributed by atoms with Crippen molar-refractivity contribution in [3.63, 3.8) is 0 Å². The van der Waals surface area contributed by atoms with Gasteiger partial charge in [-0.05, 0) is 12.8 Å². The summed E-state index contributed by atoms with van der Waals surface area (Å²) in [5.74, 6) is -0.460. The number of hydrogen-bond donors (Lipinski definition) is 1. The van der Waals surface area contributed by atoms with Gasteiger partial charge in [0.05, 0.1) is 5.92 Å². The Hall–Kier alpha value is -0.440. The predicted octanol–water partition coefficient (Wildman–Crippen LogP) is 1.67. The normalized spacial score (nSPS) is 12.5. The Kier molecular flexibility index (Phi) is 5.03. The maximum absolute atomic E-state index is 10.8. The monoisotopic (exact) mass is 173 g/mol. The molecule has 3 heteroatoms. The van der Waals surface area contributed by atoms with Gasteiger partial charge < -0.3 is 5.73 Å². The van der Waals surface area contributed by atoms with Gasteiger partial charge in [0.2, 0.25) is 5.91 Å². The average molecular weight is 173 g/mol. The molecule has 2 N–H and O–H groups in total. The Morgan fingerprint density at radius 2 is 2.09 bits per heavy atom. The molecule has 0 aromatic carbocycles. The zero-order valence-electron chi connectivity index (χ0n) is 7.09. The van der Waals surface area contributed by atoms with Gasteiger partial charge in [0.15, 0.2) is 0 Å². The lowest BCUT2D eigenvalue weighted by molar-refractivity contribution is -0.120. The highest BCUT2D eigenvalue weighted by Crippen LogP contribution is 2.10. The largest absolute Gasteiger partial charge is 0.369 e. The van der Waals surface area contributed by atoms with Crippen LogP contribution in [0.4, 0.5) is 0 Å². The Balaban J connectivity index is 4.09. The van der Waals surface area contributed by atoms with Gasteiger partial charge in [-0.25, -0.2) is 0 Å². The van der Waals surface area contributed by atoms with Crippen LogP contribution in [0.25, 0.3) is 0 Å². The Bertz CT molecular complexity index is 156. The summed E-state index contributed by atoms with van der Waals surface area (Å²) >= 11 is 5.02. The first-order valence-electron chi connectivity index (χ1n) is 3.95. The van der Waals surface area contributed by atoms with Gasteiger partial charge in [-0.3, -0.25) is 4.79 Å². The van der Waals surface area contributed by atoms with Crippen LogP contribution in [0.2, 0.25) is 0 Å². The van der Waals surface area contributed by atoms with E-state index < -0.39 is 0 Å². The maximum atomic E-state index is 10.8. The Morgan fingerprint density at radius 1 is 1.55 bits per heavy atom. The van der Waals surface area contributed by atoms with Crippen LogP contribution in [0.3, 0.4) is 0 Å². The van der Waals surface area contributed by atoms with Crippen molar-refractivity contribution >= 4 is 23.0 Å². The molecule has 0 aliphatic carbocycles. The third-order valence-corrected chi connectivity index (χ3v) is 2.23. The summed E-state index contributed by atoms with van der Waals surface area (Å²) in [6.45, 7) is 3.97. The van der Waals surface area contributed by atoms with Crippen molar-refractivity contribution in [1.29, 1.82) is 0 Å². The van der Waals surface area contributed by atoms with E-state index in [0.29, 0.717) is 0 Å². The molecule has 0 saturated heterocycles. The number of amides is 1. The standard InChI is InChI=1S/C8H15NOS/c1-3-5-6(8(9)10)7(11)4-2/h6H,3-5H2,1-2H3,(H2,9,10). The SMILES string of the molecule is CCCC(C(N)=O)C(=S)CC. The fraction of sp³-hybridized carbons (Fsp3) is 0.750. The van der Waals surface area contributed by atoms with Crippen LogP contribution < -0.4 is 5.73 Å². The molecule has 0 bridgehead atoms. The Labute approximate surface area is 73.2 Å². The summed E-state index contributed by atoms with van der Waals surface area (Å²) in [6.07, 6.45) is 2.51. The number of rotatable bonds is 5. The van der Waals surface area contributed by atoms with Gasteiger partial charge in [-0.2, -0.15) is 0 Å². The molecular weight excluding hydrogens is 158 g/mol. The first-order valence-corrected chi connectivity index (χ1v) is 4.36. The van der Waals surface area contributed by atoms with E-state index in [4.69, 9.17) is 18.0 Å². The van der Waals surface area contributed by atoms with Crippen LogP contribution in [-0.4, -0.2) is 10.8 Å². The summed E-state index contributed by atoms with van der Waals surface area (Å²) in [6, 6.07) is 0. The first-order chi connectivity index (χ1) is 5.13. The smallest absolute Gasteiger partial charge is 0.225 e. The molecule has 0 heterocycles. The van der Waals surface area contributed by atoms with Gasteiger partial charge in [0.1, 0.15) is 0 Å². The minimum atomic E-state index is -0.279. The summed E-state index contributed by atoms with van der Waals surface area (Å²) in [4.78, 5) is 11.6. The lowest BCUT2D eigenvalue weighted by atomic mass is 9.98. The van der Waals surface area contributed by atoms with Gasteiger partial charge in [0, 0.05) is 4.86 Å². The third kappa shape index (κ3) is 3.46. The molecule has 0 aliphatic heterocycles. The van der Waals surface area contributed by atoms with Crippen LogP contribution >= 0.6 is 12.2 Å². The van der Waals surface area contributed by atoms with E-state index in [1.165, 1.54) is 0 Å². The molecule has 2 nitrogen and oxygen atoms in total. The molecule has 11 heavy (non-hydrogen) atoms. The molecule has 0 spiro atoms. The fourth-order valence-corrected chi connectivity index (χ4v) is 1.23. The third-order valence-electron chi connectivity index (χ3n) is 1.66. The molecule has 0 saturated carbocycles. The number of nitrogens with two attached hydrogens (primary N) is 1. The fourth-order valence-electron chi connectivity index (χ4n) is 0.997. The van der Waals surface area contributed by atoms with Crippen molar-refractivity contribution in [2.45, 2.75) is 33.1 Å². The van der Waals surface area contributed by atoms with Crippen LogP contribution in [-0.2, 0) is 4.79 Å². The highest BCUT2D eigenvalue weighted by Gasteiger charge is 2.17. The summed E-state index contributed by atoms with van der Waals surface area (Å²) in [5, 5.41) is 0. The molecule has 64 valence electrons. The van der Waals surface area contributed by atoms with E-state index in [1.807, 2.05) is 13.8 Å². The summed E-state index contributed by atoms with van der Waals surface area (Å²) in [5.41, 5.74) is 5.17. The van der Waals surface area contributed by atoms with E-state index in [1.54, 1.807) is 0 Å².